The largest absolute Gasteiger partial charge is 0.505 e. The summed E-state index contributed by atoms with van der Waals surface area (Å²) in [7, 11) is 0. The van der Waals surface area contributed by atoms with Crippen LogP contribution < -0.4 is 0 Å². The Morgan fingerprint density at radius 3 is 2.58 bits per heavy atom. The minimum absolute atomic E-state index is 0.0227. The van der Waals surface area contributed by atoms with Gasteiger partial charge in [0, 0.05) is 41.2 Å². The summed E-state index contributed by atoms with van der Waals surface area (Å²) in [5, 5.41) is 19.4. The van der Waals surface area contributed by atoms with Crippen LogP contribution in [0.25, 0.3) is 0 Å². The lowest BCUT2D eigenvalue weighted by atomic mass is 9.59. The van der Waals surface area contributed by atoms with Gasteiger partial charge in [-0.2, -0.15) is 0 Å². The average molecular weight is 522 g/mol. The van der Waals surface area contributed by atoms with E-state index >= 15 is 0 Å². The summed E-state index contributed by atoms with van der Waals surface area (Å²) >= 11 is 0. The smallest absolute Gasteiger partial charge is 0.303 e. The number of unbranched alkanes of at least 4 members (excludes halogenated alkanes) is 2. The molecule has 5 rings (SSSR count). The van der Waals surface area contributed by atoms with Crippen molar-refractivity contribution in [1.29, 1.82) is 0 Å². The normalized spacial score (nSPS) is 26.6. The molecule has 1 aliphatic heterocycles. The Morgan fingerprint density at radius 2 is 1.84 bits per heavy atom. The van der Waals surface area contributed by atoms with Crippen LogP contribution in [0.1, 0.15) is 56.9 Å². The third-order valence-corrected chi connectivity index (χ3v) is 8.25. The van der Waals surface area contributed by atoms with Crippen LogP contribution in [-0.4, -0.2) is 51.0 Å². The molecule has 0 bridgehead atoms. The first-order valence-corrected chi connectivity index (χ1v) is 12.9. The number of halogens is 1. The average Bonchev–Trinajstić information content (AvgIpc) is 3.12. The van der Waals surface area contributed by atoms with Gasteiger partial charge in [0.15, 0.2) is 23.1 Å². The Balaban J connectivity index is 1.51. The molecule has 4 unspecified atom stereocenters. The van der Waals surface area contributed by atoms with Crippen LogP contribution in [0.5, 0.6) is 5.75 Å². The molecule has 198 valence electrons. The van der Waals surface area contributed by atoms with Crippen molar-refractivity contribution in [3.63, 3.8) is 0 Å². The number of aliphatic carboxylic acids is 1. The van der Waals surface area contributed by atoms with Crippen LogP contribution in [0.15, 0.2) is 52.6 Å². The lowest BCUT2D eigenvalue weighted by Crippen LogP contribution is -2.40. The molecule has 0 saturated carbocycles. The zero-order valence-electron chi connectivity index (χ0n) is 20.9. The van der Waals surface area contributed by atoms with Crippen molar-refractivity contribution in [2.24, 2.45) is 17.8 Å². The third-order valence-electron chi connectivity index (χ3n) is 8.25. The summed E-state index contributed by atoms with van der Waals surface area (Å²) in [6, 6.07) is 4.04. The van der Waals surface area contributed by atoms with E-state index in [1.54, 1.807) is 6.92 Å². The van der Waals surface area contributed by atoms with Gasteiger partial charge in [0.1, 0.15) is 0 Å². The molecule has 9 heteroatoms. The number of fused-ring (bicyclic) bond motifs is 3. The summed E-state index contributed by atoms with van der Waals surface area (Å²) in [4.78, 5) is 65.3. The Hall–Kier alpha value is -3.88. The van der Waals surface area contributed by atoms with Crippen molar-refractivity contribution in [2.45, 2.75) is 51.4 Å². The number of carbonyl (C=O) groups is 5. The second kappa shape index (κ2) is 9.78. The summed E-state index contributed by atoms with van der Waals surface area (Å²) in [5.41, 5.74) is 1.50. The molecule has 3 aliphatic carbocycles. The summed E-state index contributed by atoms with van der Waals surface area (Å²) < 4.78 is 14.4. The summed E-state index contributed by atoms with van der Waals surface area (Å²) in [5.74, 6) is -6.52. The lowest BCUT2D eigenvalue weighted by molar-refractivity contribution is -0.141. The number of hydrogen-bond acceptors (Lipinski definition) is 6. The number of para-hydroxylation sites is 1. The molecular weight excluding hydrogens is 493 g/mol. The molecule has 8 nitrogen and oxygen atoms in total. The van der Waals surface area contributed by atoms with Gasteiger partial charge < -0.3 is 10.2 Å². The Kier molecular flexibility index (Phi) is 6.63. The molecule has 0 aromatic heterocycles. The zero-order valence-corrected chi connectivity index (χ0v) is 20.9. The van der Waals surface area contributed by atoms with Gasteiger partial charge in [-0.25, -0.2) is 4.39 Å². The van der Waals surface area contributed by atoms with Crippen molar-refractivity contribution in [3.05, 3.63) is 64.0 Å². The number of carbonyl (C=O) groups excluding carboxylic acids is 4. The molecular formula is C29H28FNO7. The highest BCUT2D eigenvalue weighted by Gasteiger charge is 2.56. The van der Waals surface area contributed by atoms with Gasteiger partial charge in [-0.15, -0.1) is 0 Å². The van der Waals surface area contributed by atoms with Crippen molar-refractivity contribution >= 4 is 29.4 Å². The zero-order chi connectivity index (χ0) is 27.3. The molecule has 2 amide bonds. The van der Waals surface area contributed by atoms with Crippen LogP contribution in [0.2, 0.25) is 0 Å². The predicted octanol–water partition coefficient (Wildman–Crippen LogP) is 3.61. The van der Waals surface area contributed by atoms with Crippen molar-refractivity contribution in [2.75, 3.05) is 6.54 Å². The van der Waals surface area contributed by atoms with Crippen molar-refractivity contribution < 1.29 is 38.6 Å². The van der Waals surface area contributed by atoms with E-state index in [2.05, 4.69) is 0 Å². The molecule has 1 fully saturated rings. The molecule has 4 atom stereocenters. The summed E-state index contributed by atoms with van der Waals surface area (Å²) in [6.07, 6.45) is 4.95. The number of amides is 2. The summed E-state index contributed by atoms with van der Waals surface area (Å²) in [6.45, 7) is 1.73. The number of ketones is 2. The van der Waals surface area contributed by atoms with Gasteiger partial charge in [0.2, 0.25) is 11.8 Å². The number of nitrogens with zero attached hydrogens (tertiary/aromatic N) is 1. The van der Waals surface area contributed by atoms with E-state index in [-0.39, 0.29) is 71.5 Å². The number of phenols is 1. The van der Waals surface area contributed by atoms with Gasteiger partial charge >= 0.3 is 5.97 Å². The number of Topliss-reactive ketones (excluding diaryl/α,β-unsaturated/α-hetero) is 1. The van der Waals surface area contributed by atoms with Crippen LogP contribution in [0.3, 0.4) is 0 Å². The first-order valence-electron chi connectivity index (χ1n) is 12.9. The number of hydrogen-bond donors (Lipinski definition) is 2. The first kappa shape index (κ1) is 25.8. The second-order valence-electron chi connectivity index (χ2n) is 10.4. The quantitative estimate of drug-likeness (QED) is 0.243. The Morgan fingerprint density at radius 1 is 1.08 bits per heavy atom. The molecule has 38 heavy (non-hydrogen) atoms. The van der Waals surface area contributed by atoms with Crippen molar-refractivity contribution in [3.8, 4) is 5.75 Å². The van der Waals surface area contributed by atoms with E-state index in [9.17, 15) is 33.5 Å². The van der Waals surface area contributed by atoms with E-state index in [0.29, 0.717) is 24.8 Å². The first-order chi connectivity index (χ1) is 18.1. The monoisotopic (exact) mass is 521 g/mol. The van der Waals surface area contributed by atoms with E-state index in [0.717, 1.165) is 6.07 Å². The number of carboxylic acids is 1. The number of allylic oxidation sites excluding steroid dienone is 6. The van der Waals surface area contributed by atoms with E-state index in [4.69, 9.17) is 5.11 Å². The van der Waals surface area contributed by atoms with E-state index in [1.807, 2.05) is 6.08 Å². The number of phenolic OH excluding ortho intramolecular Hbond substituents is 1. The van der Waals surface area contributed by atoms with Crippen LogP contribution >= 0.6 is 0 Å². The van der Waals surface area contributed by atoms with Gasteiger partial charge in [-0.1, -0.05) is 30.2 Å². The number of carboxylic acid groups (broad SMARTS) is 1. The number of imide groups is 1. The highest BCUT2D eigenvalue weighted by molar-refractivity contribution is 6.23. The van der Waals surface area contributed by atoms with Gasteiger partial charge in [-0.05, 0) is 50.7 Å². The molecule has 1 saturated heterocycles. The third kappa shape index (κ3) is 4.10. The van der Waals surface area contributed by atoms with Gasteiger partial charge in [0.05, 0.1) is 11.8 Å². The van der Waals surface area contributed by atoms with Crippen LogP contribution in [-0.2, 0) is 24.0 Å². The molecule has 0 spiro atoms. The molecule has 4 aliphatic rings. The molecule has 2 N–H and O–H groups in total. The fraction of sp³-hybridized carbons (Fsp3) is 0.414. The fourth-order valence-corrected chi connectivity index (χ4v) is 6.51. The predicted molar refractivity (Wildman–Crippen MR) is 132 cm³/mol. The van der Waals surface area contributed by atoms with Gasteiger partial charge in [0.25, 0.3) is 0 Å². The fourth-order valence-electron chi connectivity index (χ4n) is 6.51. The van der Waals surface area contributed by atoms with E-state index < -0.39 is 41.2 Å². The number of rotatable bonds is 7. The Labute approximate surface area is 218 Å². The van der Waals surface area contributed by atoms with Crippen LogP contribution in [0.4, 0.5) is 4.39 Å². The topological polar surface area (TPSA) is 129 Å². The highest BCUT2D eigenvalue weighted by Crippen LogP contribution is 2.56. The number of aromatic hydroxyl groups is 1. The van der Waals surface area contributed by atoms with E-state index in [1.165, 1.54) is 23.1 Å². The lowest BCUT2D eigenvalue weighted by Gasteiger charge is -2.42. The number of likely N-dealkylation sites (tertiary alicyclic amines) is 1. The second-order valence-corrected chi connectivity index (χ2v) is 10.4. The minimum Gasteiger partial charge on any atom is -0.505 e. The SMILES string of the molecule is CC1=CC(=O)C2=C(CC3C(=CCC4C(=O)N(CCCCCC(=O)O)C(=O)C43)C2c2cccc(F)c2O)C1=O. The maximum Gasteiger partial charge on any atom is 0.303 e. The maximum absolute atomic E-state index is 14.4. The molecule has 1 aromatic rings. The number of benzene rings is 1. The van der Waals surface area contributed by atoms with Gasteiger partial charge in [-0.3, -0.25) is 28.9 Å². The molecule has 1 heterocycles. The highest BCUT2D eigenvalue weighted by atomic mass is 19.1. The Bertz CT molecular complexity index is 1370. The standard InChI is InChI=1S/C29H28FNO7/c1-14-12-21(32)25-19(26(14)35)13-18-15(23(25)16-6-5-7-20(30)27(16)36)9-10-17-24(18)29(38)31(28(17)37)11-4-2-3-8-22(33)34/h5-7,9,12,17-18,23-24,36H,2-4,8,10-11,13H2,1H3,(H,33,34). The molecule has 1 aromatic carbocycles. The minimum atomic E-state index is -0.908. The van der Waals surface area contributed by atoms with Crippen molar-refractivity contribution in [1.82, 2.24) is 4.90 Å². The van der Waals surface area contributed by atoms with Crippen LogP contribution in [0, 0.1) is 23.6 Å². The molecule has 0 radical (unpaired) electrons. The maximum atomic E-state index is 14.4.